The first kappa shape index (κ1) is 12.2. The molecule has 16 heavy (non-hydrogen) atoms. The molecule has 0 heterocycles. The van der Waals surface area contributed by atoms with Crippen LogP contribution in [0.25, 0.3) is 0 Å². The number of rotatable bonds is 3. The maximum absolute atomic E-state index is 11.5. The summed E-state index contributed by atoms with van der Waals surface area (Å²) < 4.78 is 4.96. The Labute approximate surface area is 93.2 Å². The smallest absolute Gasteiger partial charge is 0.338 e. The zero-order chi connectivity index (χ0) is 12.3. The molecule has 5 heteroatoms. The van der Waals surface area contributed by atoms with Crippen LogP contribution in [0.3, 0.4) is 0 Å². The summed E-state index contributed by atoms with van der Waals surface area (Å²) in [4.78, 5) is 21.6. The number of carbonyl (C=O) groups is 1. The number of nitro benzene ring substituents is 1. The number of esters is 1. The molecule has 0 fully saturated rings. The second kappa shape index (κ2) is 4.74. The topological polar surface area (TPSA) is 69.4 Å². The number of carbonyl (C=O) groups excluding carboxylic acids is 1. The lowest BCUT2D eigenvalue weighted by Gasteiger charge is -2.08. The van der Waals surface area contributed by atoms with Gasteiger partial charge in [0.05, 0.1) is 16.6 Å². The Morgan fingerprint density at radius 2 is 2.00 bits per heavy atom. The molecule has 0 N–H and O–H groups in total. The Balaban J connectivity index is 3.05. The van der Waals surface area contributed by atoms with Crippen LogP contribution >= 0.6 is 0 Å². The minimum absolute atomic E-state index is 0.101. The molecule has 0 saturated carbocycles. The van der Waals surface area contributed by atoms with E-state index in [4.69, 9.17) is 4.74 Å². The summed E-state index contributed by atoms with van der Waals surface area (Å²) in [5.74, 6) is -0.540. The van der Waals surface area contributed by atoms with E-state index in [0.29, 0.717) is 5.56 Å². The number of benzene rings is 1. The third kappa shape index (κ3) is 3.05. The molecule has 0 bridgehead atoms. The summed E-state index contributed by atoms with van der Waals surface area (Å²) in [6.07, 6.45) is -0.243. The largest absolute Gasteiger partial charge is 0.459 e. The molecule has 1 aromatic rings. The minimum Gasteiger partial charge on any atom is -0.459 e. The molecule has 0 amide bonds. The van der Waals surface area contributed by atoms with Crippen molar-refractivity contribution in [1.82, 2.24) is 0 Å². The summed E-state index contributed by atoms with van der Waals surface area (Å²) in [5, 5.41) is 10.6. The molecular weight excluding hydrogens is 210 g/mol. The van der Waals surface area contributed by atoms with Gasteiger partial charge >= 0.3 is 5.97 Å². The molecule has 0 unspecified atom stereocenters. The van der Waals surface area contributed by atoms with Gasteiger partial charge in [0.25, 0.3) is 5.69 Å². The third-order valence-corrected chi connectivity index (χ3v) is 1.85. The molecule has 0 aromatic heterocycles. The van der Waals surface area contributed by atoms with Crippen molar-refractivity contribution in [2.75, 3.05) is 0 Å². The highest BCUT2D eigenvalue weighted by Gasteiger charge is 2.15. The number of hydrogen-bond acceptors (Lipinski definition) is 4. The van der Waals surface area contributed by atoms with Crippen LogP contribution in [0.1, 0.15) is 29.8 Å². The van der Waals surface area contributed by atoms with E-state index in [1.807, 2.05) is 0 Å². The number of nitro groups is 1. The monoisotopic (exact) mass is 223 g/mol. The first-order valence-corrected chi connectivity index (χ1v) is 4.87. The average molecular weight is 223 g/mol. The molecule has 1 rings (SSSR count). The van der Waals surface area contributed by atoms with Crippen molar-refractivity contribution in [3.8, 4) is 0 Å². The first-order chi connectivity index (χ1) is 7.40. The molecule has 1 aromatic carbocycles. The van der Waals surface area contributed by atoms with Crippen LogP contribution in [-0.4, -0.2) is 17.0 Å². The number of nitrogens with zero attached hydrogens (tertiary/aromatic N) is 1. The number of ether oxygens (including phenoxy) is 1. The van der Waals surface area contributed by atoms with Crippen LogP contribution in [0.5, 0.6) is 0 Å². The van der Waals surface area contributed by atoms with Gasteiger partial charge in [0.2, 0.25) is 0 Å². The number of non-ortho nitro benzene ring substituents is 1. The average Bonchev–Trinajstić information content (AvgIpc) is 2.15. The van der Waals surface area contributed by atoms with Crippen LogP contribution in [0.2, 0.25) is 0 Å². The van der Waals surface area contributed by atoms with Gasteiger partial charge in [-0.15, -0.1) is 0 Å². The molecule has 86 valence electrons. The standard InChI is InChI=1S/C11H13NO4/c1-7(2)16-11(13)9-4-8(3)5-10(6-9)12(14)15/h4-7H,1-3H3. The molecule has 0 spiro atoms. The van der Waals surface area contributed by atoms with E-state index in [0.717, 1.165) is 0 Å². The van der Waals surface area contributed by atoms with Gasteiger partial charge in [-0.2, -0.15) is 0 Å². The summed E-state index contributed by atoms with van der Waals surface area (Å²) in [5.41, 5.74) is 0.765. The van der Waals surface area contributed by atoms with Gasteiger partial charge < -0.3 is 4.74 Å². The minimum atomic E-state index is -0.540. The highest BCUT2D eigenvalue weighted by molar-refractivity contribution is 5.90. The van der Waals surface area contributed by atoms with Gasteiger partial charge in [0.15, 0.2) is 0 Å². The van der Waals surface area contributed by atoms with Crippen molar-refractivity contribution in [3.05, 3.63) is 39.4 Å². The molecule has 0 aliphatic carbocycles. The van der Waals surface area contributed by atoms with E-state index >= 15 is 0 Å². The lowest BCUT2D eigenvalue weighted by molar-refractivity contribution is -0.384. The van der Waals surface area contributed by atoms with Gasteiger partial charge in [-0.3, -0.25) is 10.1 Å². The Kier molecular flexibility index (Phi) is 3.60. The van der Waals surface area contributed by atoms with Crippen molar-refractivity contribution >= 4 is 11.7 Å². The van der Waals surface area contributed by atoms with Crippen molar-refractivity contribution in [3.63, 3.8) is 0 Å². The second-order valence-corrected chi connectivity index (χ2v) is 3.77. The van der Waals surface area contributed by atoms with E-state index in [2.05, 4.69) is 0 Å². The fourth-order valence-corrected chi connectivity index (χ4v) is 1.27. The summed E-state index contributed by atoms with van der Waals surface area (Å²) >= 11 is 0. The predicted molar refractivity (Wildman–Crippen MR) is 58.4 cm³/mol. The lowest BCUT2D eigenvalue weighted by Crippen LogP contribution is -2.12. The van der Waals surface area contributed by atoms with Crippen LogP contribution in [0.4, 0.5) is 5.69 Å². The van der Waals surface area contributed by atoms with Gasteiger partial charge in [-0.25, -0.2) is 4.79 Å². The van der Waals surface area contributed by atoms with E-state index in [-0.39, 0.29) is 17.4 Å². The zero-order valence-corrected chi connectivity index (χ0v) is 9.39. The lowest BCUT2D eigenvalue weighted by atomic mass is 10.1. The highest BCUT2D eigenvalue weighted by Crippen LogP contribution is 2.17. The molecule has 5 nitrogen and oxygen atoms in total. The van der Waals surface area contributed by atoms with Gasteiger partial charge in [0.1, 0.15) is 0 Å². The number of aryl methyl sites for hydroxylation is 1. The van der Waals surface area contributed by atoms with E-state index in [9.17, 15) is 14.9 Å². The Bertz CT molecular complexity index is 426. The molecule has 0 radical (unpaired) electrons. The van der Waals surface area contributed by atoms with Crippen molar-refractivity contribution in [1.29, 1.82) is 0 Å². The maximum atomic E-state index is 11.5. The van der Waals surface area contributed by atoms with Gasteiger partial charge in [-0.1, -0.05) is 0 Å². The Hall–Kier alpha value is -1.91. The maximum Gasteiger partial charge on any atom is 0.338 e. The fraction of sp³-hybridized carbons (Fsp3) is 0.364. The first-order valence-electron chi connectivity index (χ1n) is 4.87. The van der Waals surface area contributed by atoms with Crippen molar-refractivity contribution < 1.29 is 14.5 Å². The highest BCUT2D eigenvalue weighted by atomic mass is 16.6. The van der Waals surface area contributed by atoms with Crippen LogP contribution in [0, 0.1) is 17.0 Å². The van der Waals surface area contributed by atoms with Crippen LogP contribution in [-0.2, 0) is 4.74 Å². The van der Waals surface area contributed by atoms with Crippen LogP contribution < -0.4 is 0 Å². The normalized spacial score (nSPS) is 10.2. The summed E-state index contributed by atoms with van der Waals surface area (Å²) in [6.45, 7) is 5.14. The molecule has 0 aliphatic heterocycles. The second-order valence-electron chi connectivity index (χ2n) is 3.77. The predicted octanol–water partition coefficient (Wildman–Crippen LogP) is 2.47. The van der Waals surface area contributed by atoms with Gasteiger partial charge in [-0.05, 0) is 32.4 Å². The molecule has 0 atom stereocenters. The Morgan fingerprint density at radius 3 is 2.50 bits per heavy atom. The van der Waals surface area contributed by atoms with Crippen molar-refractivity contribution in [2.24, 2.45) is 0 Å². The fourth-order valence-electron chi connectivity index (χ4n) is 1.27. The molecule has 0 saturated heterocycles. The molecule has 0 aliphatic rings. The van der Waals surface area contributed by atoms with Crippen LogP contribution in [0.15, 0.2) is 18.2 Å². The number of hydrogen-bond donors (Lipinski definition) is 0. The van der Waals surface area contributed by atoms with E-state index in [1.165, 1.54) is 12.1 Å². The van der Waals surface area contributed by atoms with Crippen molar-refractivity contribution in [2.45, 2.75) is 26.9 Å². The quantitative estimate of drug-likeness (QED) is 0.448. The van der Waals surface area contributed by atoms with Gasteiger partial charge in [0, 0.05) is 12.1 Å². The van der Waals surface area contributed by atoms with E-state index in [1.54, 1.807) is 26.8 Å². The van der Waals surface area contributed by atoms with E-state index < -0.39 is 10.9 Å². The third-order valence-electron chi connectivity index (χ3n) is 1.85. The zero-order valence-electron chi connectivity index (χ0n) is 9.39. The summed E-state index contributed by atoms with van der Waals surface area (Å²) in [6, 6.07) is 4.20. The Morgan fingerprint density at radius 1 is 1.38 bits per heavy atom. The molecular formula is C11H13NO4. The summed E-state index contributed by atoms with van der Waals surface area (Å²) in [7, 11) is 0. The SMILES string of the molecule is Cc1cc(C(=O)OC(C)C)cc([N+](=O)[O-])c1.